The predicted octanol–water partition coefficient (Wildman–Crippen LogP) is 5.11. The molecule has 4 aromatic carbocycles. The molecular weight excluding hydrogens is 878 g/mol. The molecular formula is C42H37ClF2N2O17. The molecule has 1 heterocycles. The maximum Gasteiger partial charge on any atom is 0.387 e. The molecule has 0 fully saturated rings. The number of carbonyl (C=O) groups is 8. The molecule has 0 saturated heterocycles. The summed E-state index contributed by atoms with van der Waals surface area (Å²) >= 11 is 5.76. The summed E-state index contributed by atoms with van der Waals surface area (Å²) in [6, 6.07) is 25.6. The van der Waals surface area contributed by atoms with Gasteiger partial charge in [0.1, 0.15) is 22.8 Å². The van der Waals surface area contributed by atoms with E-state index in [4.69, 9.17) is 31.3 Å². The predicted molar refractivity (Wildman–Crippen MR) is 217 cm³/mol. The second kappa shape index (κ2) is 23.8. The molecule has 0 aliphatic rings. The fourth-order valence-corrected chi connectivity index (χ4v) is 5.10. The highest BCUT2D eigenvalue weighted by atomic mass is 35.5. The average molecular weight is 915 g/mol. The zero-order valence-corrected chi connectivity index (χ0v) is 33.6. The van der Waals surface area contributed by atoms with Gasteiger partial charge < -0.3 is 56.0 Å². The van der Waals surface area contributed by atoms with Crippen LogP contribution in [0.25, 0.3) is 11.3 Å². The topological polar surface area (TPSA) is 339 Å². The number of carboxylic acid groups (broad SMARTS) is 5. The largest absolute Gasteiger partial charge is 0.481 e. The molecule has 19 nitrogen and oxygen atoms in total. The zero-order chi connectivity index (χ0) is 48.4. The molecule has 0 aliphatic carbocycles. The van der Waals surface area contributed by atoms with Crippen LogP contribution < -0.4 is 15.8 Å². The van der Waals surface area contributed by atoms with Gasteiger partial charge in [-0.1, -0.05) is 78.3 Å². The van der Waals surface area contributed by atoms with E-state index in [1.807, 2.05) is 0 Å². The maximum atomic E-state index is 12.6. The summed E-state index contributed by atoms with van der Waals surface area (Å²) in [4.78, 5) is 89.5. The molecule has 0 bridgehead atoms. The summed E-state index contributed by atoms with van der Waals surface area (Å²) in [6.45, 7) is -1.22. The van der Waals surface area contributed by atoms with Gasteiger partial charge in [0.2, 0.25) is 11.6 Å². The van der Waals surface area contributed by atoms with Crippen molar-refractivity contribution in [2.75, 3.05) is 6.54 Å². The van der Waals surface area contributed by atoms with Crippen molar-refractivity contribution < 1.29 is 92.0 Å². The van der Waals surface area contributed by atoms with Crippen LogP contribution in [-0.4, -0.2) is 108 Å². The van der Waals surface area contributed by atoms with Gasteiger partial charge in [-0.3, -0.25) is 14.4 Å². The lowest BCUT2D eigenvalue weighted by molar-refractivity contribution is -0.187. The molecule has 5 aromatic rings. The van der Waals surface area contributed by atoms with Crippen LogP contribution in [0.5, 0.6) is 5.75 Å². The number of aryl methyl sites for hydroxylation is 1. The number of hydrogen-bond acceptors (Lipinski definition) is 12. The minimum atomic E-state index is -3.95. The highest BCUT2D eigenvalue weighted by molar-refractivity contribution is 6.30. The Bertz CT molecular complexity index is 2360. The van der Waals surface area contributed by atoms with Gasteiger partial charge in [-0.05, 0) is 55.5 Å². The molecule has 0 aliphatic heterocycles. The SMILES string of the molecule is Cc1oc(-c2ccc(Cl)cc2)cc1C(=O)O.NC(=O)NCCC(=O)O.O=C(O)[C@](O)(C(=O)c1ccccc1)[C@](O)(C(=O)O)C(=O)c1ccccc1.O=C(O)c1cccc(OC(F)F)c1. The number of nitrogens with two attached hydrogens (primary N) is 1. The Morgan fingerprint density at radius 3 is 1.53 bits per heavy atom. The standard InChI is InChI=1S/C18H14O8.C12H9ClO3.C8H6F2O3.C4H8N2O3/c19-13(11-7-3-1-4-8-11)17(25,15(21)22)18(26,16(23)24)14(20)12-9-5-2-6-10-12;1-7-10(12(14)15)6-11(16-7)8-2-4-9(13)5-3-8;9-8(10)13-6-3-1-2-5(4-6)7(11)12;5-4(9)6-2-1-3(7)8/h1-10,25-26H,(H,21,22)(H,23,24);2-6H,1H3,(H,14,15);1-4,8H,(H,11,12);1-2H2,(H,7,8)(H3,5,6,9)/t17-,18-;;;/m1.../s1. The van der Waals surface area contributed by atoms with Gasteiger partial charge in [0, 0.05) is 28.3 Å². The molecule has 10 N–H and O–H groups in total. The van der Waals surface area contributed by atoms with Crippen molar-refractivity contribution in [1.29, 1.82) is 0 Å². The number of benzene rings is 4. The minimum Gasteiger partial charge on any atom is -0.481 e. The summed E-state index contributed by atoms with van der Waals surface area (Å²) < 4.78 is 32.8. The molecule has 2 atom stereocenters. The number of ketones is 2. The number of carbonyl (C=O) groups excluding carboxylic acids is 3. The van der Waals surface area contributed by atoms with Gasteiger partial charge in [-0.15, -0.1) is 0 Å². The van der Waals surface area contributed by atoms with E-state index in [1.165, 1.54) is 60.7 Å². The first-order valence-corrected chi connectivity index (χ1v) is 18.1. The lowest BCUT2D eigenvalue weighted by atomic mass is 9.73. The molecule has 5 rings (SSSR count). The van der Waals surface area contributed by atoms with Crippen molar-refractivity contribution in [3.05, 3.63) is 148 Å². The first-order valence-electron chi connectivity index (χ1n) is 17.7. The van der Waals surface area contributed by atoms with E-state index in [2.05, 4.69) is 15.8 Å². The number of rotatable bonds is 15. The lowest BCUT2D eigenvalue weighted by Gasteiger charge is -2.34. The second-order valence-electron chi connectivity index (χ2n) is 12.5. The second-order valence-corrected chi connectivity index (χ2v) is 12.9. The Morgan fingerprint density at radius 2 is 1.16 bits per heavy atom. The van der Waals surface area contributed by atoms with E-state index in [0.29, 0.717) is 16.5 Å². The number of halogens is 3. The number of nitrogens with one attached hydrogen (secondary N) is 1. The summed E-state index contributed by atoms with van der Waals surface area (Å²) in [5.41, 5.74) is -3.14. The number of ether oxygens (including phenoxy) is 1. The number of urea groups is 1. The normalized spacial score (nSPS) is 12.0. The first kappa shape index (κ1) is 52.1. The number of hydrogen-bond donors (Lipinski definition) is 9. The fourth-order valence-electron chi connectivity index (χ4n) is 4.98. The third-order valence-electron chi connectivity index (χ3n) is 8.09. The van der Waals surface area contributed by atoms with Crippen LogP contribution in [-0.2, 0) is 14.4 Å². The maximum absolute atomic E-state index is 12.6. The molecule has 2 amide bonds. The van der Waals surface area contributed by atoms with Crippen molar-refractivity contribution in [1.82, 2.24) is 5.32 Å². The van der Waals surface area contributed by atoms with Crippen molar-refractivity contribution in [3.63, 3.8) is 0 Å². The van der Waals surface area contributed by atoms with Gasteiger partial charge in [0.15, 0.2) is 0 Å². The minimum absolute atomic E-state index is 0.0850. The molecule has 22 heteroatoms. The van der Waals surface area contributed by atoms with Gasteiger partial charge in [0.05, 0.1) is 12.0 Å². The Kier molecular flexibility index (Phi) is 19.4. The summed E-state index contributed by atoms with van der Waals surface area (Å²) in [5, 5.41) is 68.0. The smallest absolute Gasteiger partial charge is 0.387 e. The molecule has 0 radical (unpaired) electrons. The molecule has 1 aromatic heterocycles. The fraction of sp³-hybridized carbons (Fsp3) is 0.143. The summed E-state index contributed by atoms with van der Waals surface area (Å²) in [6.07, 6.45) is -0.0943. The van der Waals surface area contributed by atoms with E-state index < -0.39 is 76.4 Å². The summed E-state index contributed by atoms with van der Waals surface area (Å²) in [7, 11) is 0. The Morgan fingerprint density at radius 1 is 0.688 bits per heavy atom. The van der Waals surface area contributed by atoms with Crippen molar-refractivity contribution in [2.45, 2.75) is 31.2 Å². The molecule has 0 unspecified atom stereocenters. The van der Waals surface area contributed by atoms with Crippen LogP contribution in [0.1, 0.15) is 53.6 Å². The Hall–Kier alpha value is -8.01. The number of aliphatic carboxylic acids is 3. The number of aliphatic hydroxyl groups is 2. The highest BCUT2D eigenvalue weighted by Gasteiger charge is 2.69. The zero-order valence-electron chi connectivity index (χ0n) is 32.9. The molecule has 0 spiro atoms. The van der Waals surface area contributed by atoms with Gasteiger partial charge in [0.25, 0.3) is 11.2 Å². The number of alkyl halides is 2. The molecule has 64 heavy (non-hydrogen) atoms. The first-order chi connectivity index (χ1) is 30.0. The molecule has 0 saturated carbocycles. The number of Topliss-reactive ketones (excluding diaryl/α,β-unsaturated/α-hetero) is 2. The van der Waals surface area contributed by atoms with Crippen LogP contribution >= 0.6 is 11.6 Å². The van der Waals surface area contributed by atoms with Crippen molar-refractivity contribution in [2.24, 2.45) is 5.73 Å². The van der Waals surface area contributed by atoms with E-state index in [9.17, 15) is 67.6 Å². The number of primary amides is 1. The average Bonchev–Trinajstić information content (AvgIpc) is 3.65. The number of furan rings is 1. The van der Waals surface area contributed by atoms with E-state index in [0.717, 1.165) is 35.9 Å². The third kappa shape index (κ3) is 14.3. The highest BCUT2D eigenvalue weighted by Crippen LogP contribution is 2.32. The number of aromatic carboxylic acids is 2. The van der Waals surface area contributed by atoms with Crippen LogP contribution in [0, 0.1) is 6.92 Å². The van der Waals surface area contributed by atoms with Gasteiger partial charge in [-0.2, -0.15) is 8.78 Å². The van der Waals surface area contributed by atoms with Crippen LogP contribution in [0.3, 0.4) is 0 Å². The van der Waals surface area contributed by atoms with Gasteiger partial charge >= 0.3 is 42.5 Å². The van der Waals surface area contributed by atoms with Crippen molar-refractivity contribution in [3.8, 4) is 17.1 Å². The third-order valence-corrected chi connectivity index (χ3v) is 8.34. The number of amides is 2. The van der Waals surface area contributed by atoms with E-state index in [1.54, 1.807) is 31.2 Å². The van der Waals surface area contributed by atoms with Crippen LogP contribution in [0.15, 0.2) is 120 Å². The summed E-state index contributed by atoms with van der Waals surface area (Å²) in [5.74, 6) is -10.4. The number of carboxylic acids is 5. The lowest BCUT2D eigenvalue weighted by Crippen LogP contribution is -2.71. The van der Waals surface area contributed by atoms with Crippen molar-refractivity contribution >= 4 is 59.0 Å². The molecule has 338 valence electrons. The van der Waals surface area contributed by atoms with E-state index >= 15 is 0 Å². The van der Waals surface area contributed by atoms with E-state index in [-0.39, 0.29) is 29.8 Å². The Labute approximate surface area is 364 Å². The van der Waals surface area contributed by atoms with Gasteiger partial charge in [-0.25, -0.2) is 24.0 Å². The quantitative estimate of drug-likeness (QED) is 0.0487. The monoisotopic (exact) mass is 914 g/mol. The Balaban J connectivity index is 0.000000317. The van der Waals surface area contributed by atoms with Crippen LogP contribution in [0.4, 0.5) is 13.6 Å². The van der Waals surface area contributed by atoms with Crippen LogP contribution in [0.2, 0.25) is 5.02 Å².